The average molecular weight is 476 g/mol. The molecule has 3 heterocycles. The fraction of sp³-hybridized carbons (Fsp3) is 0.0714. The van der Waals surface area contributed by atoms with Gasteiger partial charge in [0.05, 0.1) is 28.5 Å². The molecule has 0 saturated heterocycles. The minimum atomic E-state index is -0.533. The zero-order valence-electron chi connectivity index (χ0n) is 19.2. The summed E-state index contributed by atoms with van der Waals surface area (Å²) in [6.07, 6.45) is 5.17. The number of fused-ring (bicyclic) bond motifs is 3. The van der Waals surface area contributed by atoms with Crippen LogP contribution in [0.3, 0.4) is 0 Å². The van der Waals surface area contributed by atoms with E-state index in [1.54, 1.807) is 18.3 Å². The van der Waals surface area contributed by atoms with Crippen LogP contribution in [0.1, 0.15) is 18.1 Å². The molecule has 8 heteroatoms. The lowest BCUT2D eigenvalue weighted by Crippen LogP contribution is -2.33. The molecule has 0 bridgehead atoms. The number of nitrogens with zero attached hydrogens (tertiary/aromatic N) is 2. The highest BCUT2D eigenvalue weighted by molar-refractivity contribution is 5.96. The van der Waals surface area contributed by atoms with Crippen molar-refractivity contribution in [2.75, 3.05) is 11.9 Å². The molecule has 0 fully saturated rings. The molecule has 0 aliphatic carbocycles. The molecule has 0 radical (unpaired) electrons. The molecule has 5 aromatic rings. The lowest BCUT2D eigenvalue weighted by atomic mass is 10.0. The van der Waals surface area contributed by atoms with Crippen molar-refractivity contribution >= 4 is 44.9 Å². The predicted molar refractivity (Wildman–Crippen MR) is 140 cm³/mol. The molecule has 6 rings (SSSR count). The highest BCUT2D eigenvalue weighted by atomic mass is 16.5. The predicted octanol–water partition coefficient (Wildman–Crippen LogP) is 4.12. The van der Waals surface area contributed by atoms with E-state index in [0.717, 1.165) is 32.0 Å². The standard InChI is InChI=1S/C28H20N4O4/c1-16(18-7-9-25-23(12-18)30-26(33)15-36-25)10-17-6-8-21-22(11-17)31-28(35)32(27(21)34)24-14-29-13-19-4-2-3-5-20(19)24/h2-14H,15H2,1H3,(H,30,33)(H,31,35)/b16-10-. The van der Waals surface area contributed by atoms with E-state index in [-0.39, 0.29) is 12.5 Å². The molecule has 1 amide bonds. The number of H-pyrrole nitrogens is 1. The first-order chi connectivity index (χ1) is 17.5. The number of hydrogen-bond donors (Lipinski definition) is 2. The van der Waals surface area contributed by atoms with Crippen LogP contribution in [0.5, 0.6) is 5.75 Å². The largest absolute Gasteiger partial charge is 0.482 e. The number of benzene rings is 3. The van der Waals surface area contributed by atoms with Crippen LogP contribution in [-0.2, 0) is 4.79 Å². The molecule has 0 spiro atoms. The van der Waals surface area contributed by atoms with Crippen molar-refractivity contribution in [3.63, 3.8) is 0 Å². The van der Waals surface area contributed by atoms with E-state index in [0.29, 0.717) is 28.0 Å². The molecule has 2 aromatic heterocycles. The van der Waals surface area contributed by atoms with E-state index in [1.807, 2.05) is 61.5 Å². The number of pyridine rings is 1. The maximum absolute atomic E-state index is 13.4. The number of allylic oxidation sites excluding steroid dienone is 1. The third kappa shape index (κ3) is 3.65. The molecule has 176 valence electrons. The number of hydrogen-bond acceptors (Lipinski definition) is 5. The van der Waals surface area contributed by atoms with E-state index in [2.05, 4.69) is 15.3 Å². The summed E-state index contributed by atoms with van der Waals surface area (Å²) in [5.74, 6) is 0.441. The minimum absolute atomic E-state index is 0.00910. The lowest BCUT2D eigenvalue weighted by molar-refractivity contribution is -0.118. The van der Waals surface area contributed by atoms with E-state index < -0.39 is 11.2 Å². The van der Waals surface area contributed by atoms with Crippen molar-refractivity contribution in [1.29, 1.82) is 0 Å². The van der Waals surface area contributed by atoms with Crippen LogP contribution in [-0.4, -0.2) is 27.0 Å². The van der Waals surface area contributed by atoms with Crippen molar-refractivity contribution in [2.45, 2.75) is 6.92 Å². The molecule has 36 heavy (non-hydrogen) atoms. The number of aromatic amines is 1. The maximum Gasteiger partial charge on any atom is 0.333 e. The number of ether oxygens (including phenoxy) is 1. The fourth-order valence-electron chi connectivity index (χ4n) is 4.48. The van der Waals surface area contributed by atoms with Gasteiger partial charge in [0.15, 0.2) is 6.61 Å². The average Bonchev–Trinajstić information content (AvgIpc) is 2.88. The fourth-order valence-corrected chi connectivity index (χ4v) is 4.48. The number of aromatic nitrogens is 3. The molecule has 0 unspecified atom stereocenters. The van der Waals surface area contributed by atoms with Crippen LogP contribution in [0.15, 0.2) is 82.6 Å². The zero-order valence-corrected chi connectivity index (χ0v) is 19.2. The topological polar surface area (TPSA) is 106 Å². The number of rotatable bonds is 3. The Morgan fingerprint density at radius 2 is 1.86 bits per heavy atom. The summed E-state index contributed by atoms with van der Waals surface area (Å²) in [6, 6.07) is 18.4. The second-order valence-corrected chi connectivity index (χ2v) is 8.63. The molecule has 2 N–H and O–H groups in total. The van der Waals surface area contributed by atoms with Gasteiger partial charge in [-0.3, -0.25) is 14.6 Å². The Balaban J connectivity index is 1.42. The van der Waals surface area contributed by atoms with E-state index in [4.69, 9.17) is 4.74 Å². The van der Waals surface area contributed by atoms with Gasteiger partial charge in [-0.05, 0) is 47.9 Å². The van der Waals surface area contributed by atoms with Crippen molar-refractivity contribution < 1.29 is 9.53 Å². The molecule has 3 aromatic carbocycles. The number of anilines is 1. The van der Waals surface area contributed by atoms with Crippen LogP contribution < -0.4 is 21.3 Å². The molecule has 0 saturated carbocycles. The lowest BCUT2D eigenvalue weighted by Gasteiger charge is -2.18. The van der Waals surface area contributed by atoms with Gasteiger partial charge in [-0.15, -0.1) is 0 Å². The van der Waals surface area contributed by atoms with E-state index in [9.17, 15) is 14.4 Å². The molecular weight excluding hydrogens is 456 g/mol. The second-order valence-electron chi connectivity index (χ2n) is 8.63. The SMILES string of the molecule is C/C(=C/c1ccc2c(=O)n(-c3cncc4ccccc34)c(=O)[nH]c2c1)c1ccc2c(c1)NC(=O)CO2. The third-order valence-corrected chi connectivity index (χ3v) is 6.26. The number of carbonyl (C=O) groups excluding carboxylic acids is 1. The van der Waals surface area contributed by atoms with Gasteiger partial charge in [-0.25, -0.2) is 9.36 Å². The van der Waals surface area contributed by atoms with Crippen molar-refractivity contribution in [3.05, 3.63) is 105 Å². The Labute approximate surface area is 204 Å². The third-order valence-electron chi connectivity index (χ3n) is 6.26. The summed E-state index contributed by atoms with van der Waals surface area (Å²) >= 11 is 0. The highest BCUT2D eigenvalue weighted by Crippen LogP contribution is 2.31. The Morgan fingerprint density at radius 1 is 1.00 bits per heavy atom. The molecule has 1 aliphatic heterocycles. The first kappa shape index (κ1) is 21.5. The number of amides is 1. The van der Waals surface area contributed by atoms with Crippen LogP contribution in [0.25, 0.3) is 39.0 Å². The van der Waals surface area contributed by atoms with Gasteiger partial charge in [0.2, 0.25) is 0 Å². The van der Waals surface area contributed by atoms with Crippen LogP contribution >= 0.6 is 0 Å². The smallest absolute Gasteiger partial charge is 0.333 e. The summed E-state index contributed by atoms with van der Waals surface area (Å²) in [5.41, 5.74) is 3.23. The van der Waals surface area contributed by atoms with Gasteiger partial charge in [0.25, 0.3) is 11.5 Å². The minimum Gasteiger partial charge on any atom is -0.482 e. The summed E-state index contributed by atoms with van der Waals surface area (Å²) in [6.45, 7) is 1.96. The molecule has 8 nitrogen and oxygen atoms in total. The summed E-state index contributed by atoms with van der Waals surface area (Å²) in [5, 5.41) is 4.81. The normalized spacial score (nSPS) is 13.4. The van der Waals surface area contributed by atoms with Gasteiger partial charge in [0, 0.05) is 17.0 Å². The van der Waals surface area contributed by atoms with Crippen molar-refractivity contribution in [3.8, 4) is 11.4 Å². The Morgan fingerprint density at radius 3 is 2.75 bits per heavy atom. The first-order valence-electron chi connectivity index (χ1n) is 11.4. The molecule has 1 aliphatic rings. The Kier molecular flexibility index (Phi) is 5.00. The van der Waals surface area contributed by atoms with Crippen LogP contribution in [0, 0.1) is 0 Å². The Bertz CT molecular complexity index is 1840. The van der Waals surface area contributed by atoms with Crippen molar-refractivity contribution in [2.24, 2.45) is 0 Å². The van der Waals surface area contributed by atoms with E-state index >= 15 is 0 Å². The quantitative estimate of drug-likeness (QED) is 0.381. The maximum atomic E-state index is 13.4. The molecule has 0 atom stereocenters. The Hall–Kier alpha value is -4.98. The zero-order chi connectivity index (χ0) is 24.8. The van der Waals surface area contributed by atoms with Crippen LogP contribution in [0.2, 0.25) is 0 Å². The second kappa shape index (κ2) is 8.35. The van der Waals surface area contributed by atoms with Crippen molar-refractivity contribution in [1.82, 2.24) is 14.5 Å². The highest BCUT2D eigenvalue weighted by Gasteiger charge is 2.16. The van der Waals surface area contributed by atoms with Crippen LogP contribution in [0.4, 0.5) is 5.69 Å². The first-order valence-corrected chi connectivity index (χ1v) is 11.4. The monoisotopic (exact) mass is 476 g/mol. The van der Waals surface area contributed by atoms with E-state index in [1.165, 1.54) is 6.20 Å². The number of nitrogens with one attached hydrogen (secondary N) is 2. The summed E-state index contributed by atoms with van der Waals surface area (Å²) in [7, 11) is 0. The molecular formula is C28H20N4O4. The summed E-state index contributed by atoms with van der Waals surface area (Å²) in [4.78, 5) is 45.1. The van der Waals surface area contributed by atoms with Gasteiger partial charge in [-0.1, -0.05) is 42.5 Å². The summed E-state index contributed by atoms with van der Waals surface area (Å²) < 4.78 is 6.55. The van der Waals surface area contributed by atoms with Gasteiger partial charge < -0.3 is 15.0 Å². The van der Waals surface area contributed by atoms with Gasteiger partial charge >= 0.3 is 5.69 Å². The number of carbonyl (C=O) groups is 1. The van der Waals surface area contributed by atoms with Gasteiger partial charge in [-0.2, -0.15) is 0 Å². The van der Waals surface area contributed by atoms with Gasteiger partial charge in [0.1, 0.15) is 5.75 Å².